The average molecular weight is 238 g/mol. The lowest BCUT2D eigenvalue weighted by atomic mass is 9.99. The SMILES string of the molecule is CC(=O)C(CC=C(C)CCC=C(C)C)C(=O)O. The van der Waals surface area contributed by atoms with Crippen molar-refractivity contribution in [3.8, 4) is 0 Å². The number of ketones is 1. The smallest absolute Gasteiger partial charge is 0.314 e. The van der Waals surface area contributed by atoms with E-state index in [4.69, 9.17) is 5.11 Å². The van der Waals surface area contributed by atoms with Crippen molar-refractivity contribution in [1.82, 2.24) is 0 Å². The second kappa shape index (κ2) is 7.82. The molecule has 1 unspecified atom stereocenters. The number of aliphatic carboxylic acids is 1. The number of rotatable bonds is 7. The third-order valence-electron chi connectivity index (χ3n) is 2.58. The summed E-state index contributed by atoms with van der Waals surface area (Å²) in [7, 11) is 0. The molecular weight excluding hydrogens is 216 g/mol. The molecule has 0 bridgehead atoms. The summed E-state index contributed by atoms with van der Waals surface area (Å²) in [5.74, 6) is -2.22. The third kappa shape index (κ3) is 7.50. The van der Waals surface area contributed by atoms with Gasteiger partial charge in [0.1, 0.15) is 11.7 Å². The van der Waals surface area contributed by atoms with Gasteiger partial charge in [0.05, 0.1) is 0 Å². The van der Waals surface area contributed by atoms with Crippen LogP contribution in [-0.4, -0.2) is 16.9 Å². The zero-order chi connectivity index (χ0) is 13.4. The van der Waals surface area contributed by atoms with E-state index in [0.29, 0.717) is 6.42 Å². The van der Waals surface area contributed by atoms with Gasteiger partial charge in [-0.15, -0.1) is 0 Å². The molecule has 0 aliphatic rings. The van der Waals surface area contributed by atoms with Crippen LogP contribution in [-0.2, 0) is 9.59 Å². The molecule has 96 valence electrons. The van der Waals surface area contributed by atoms with Crippen LogP contribution in [0.15, 0.2) is 23.3 Å². The second-order valence-electron chi connectivity index (χ2n) is 4.61. The lowest BCUT2D eigenvalue weighted by molar-refractivity contribution is -0.145. The molecule has 3 heteroatoms. The van der Waals surface area contributed by atoms with Gasteiger partial charge in [-0.2, -0.15) is 0 Å². The van der Waals surface area contributed by atoms with Crippen LogP contribution in [0.2, 0.25) is 0 Å². The van der Waals surface area contributed by atoms with Crippen LogP contribution >= 0.6 is 0 Å². The highest BCUT2D eigenvalue weighted by Gasteiger charge is 2.20. The van der Waals surface area contributed by atoms with Crippen molar-refractivity contribution in [2.24, 2.45) is 5.92 Å². The summed E-state index contributed by atoms with van der Waals surface area (Å²) in [6.07, 6.45) is 6.18. The average Bonchev–Trinajstić information content (AvgIpc) is 2.15. The number of carboxylic acid groups (broad SMARTS) is 1. The highest BCUT2D eigenvalue weighted by Crippen LogP contribution is 2.12. The first-order chi connectivity index (χ1) is 7.84. The van der Waals surface area contributed by atoms with Gasteiger partial charge in [-0.05, 0) is 47.0 Å². The molecule has 0 saturated heterocycles. The maximum absolute atomic E-state index is 11.1. The molecule has 0 saturated carbocycles. The molecular formula is C14H22O3. The summed E-state index contributed by atoms with van der Waals surface area (Å²) in [5.41, 5.74) is 2.42. The van der Waals surface area contributed by atoms with E-state index in [2.05, 4.69) is 19.9 Å². The number of allylic oxidation sites excluding steroid dienone is 4. The van der Waals surface area contributed by atoms with E-state index in [0.717, 1.165) is 18.4 Å². The fourth-order valence-corrected chi connectivity index (χ4v) is 1.45. The van der Waals surface area contributed by atoms with Gasteiger partial charge in [0.15, 0.2) is 0 Å². The Labute approximate surface area is 103 Å². The van der Waals surface area contributed by atoms with E-state index in [1.165, 1.54) is 12.5 Å². The Morgan fingerprint density at radius 1 is 1.12 bits per heavy atom. The fourth-order valence-electron chi connectivity index (χ4n) is 1.45. The topological polar surface area (TPSA) is 54.4 Å². The summed E-state index contributed by atoms with van der Waals surface area (Å²) in [4.78, 5) is 21.9. The first-order valence-corrected chi connectivity index (χ1v) is 5.86. The van der Waals surface area contributed by atoms with Gasteiger partial charge < -0.3 is 5.11 Å². The van der Waals surface area contributed by atoms with Crippen molar-refractivity contribution in [3.05, 3.63) is 23.3 Å². The Morgan fingerprint density at radius 3 is 2.12 bits per heavy atom. The van der Waals surface area contributed by atoms with Crippen LogP contribution in [0.4, 0.5) is 0 Å². The normalized spacial score (nSPS) is 13.1. The highest BCUT2D eigenvalue weighted by atomic mass is 16.4. The Morgan fingerprint density at radius 2 is 1.71 bits per heavy atom. The molecule has 0 heterocycles. The van der Waals surface area contributed by atoms with Crippen molar-refractivity contribution >= 4 is 11.8 Å². The van der Waals surface area contributed by atoms with E-state index in [9.17, 15) is 9.59 Å². The van der Waals surface area contributed by atoms with Crippen molar-refractivity contribution < 1.29 is 14.7 Å². The van der Waals surface area contributed by atoms with Crippen LogP contribution in [0.3, 0.4) is 0 Å². The molecule has 0 aliphatic heterocycles. The molecule has 0 spiro atoms. The zero-order valence-corrected chi connectivity index (χ0v) is 11.1. The molecule has 0 amide bonds. The second-order valence-corrected chi connectivity index (χ2v) is 4.61. The van der Waals surface area contributed by atoms with E-state index in [1.54, 1.807) is 0 Å². The van der Waals surface area contributed by atoms with Crippen LogP contribution in [0.1, 0.15) is 47.0 Å². The summed E-state index contributed by atoms with van der Waals surface area (Å²) < 4.78 is 0. The van der Waals surface area contributed by atoms with Crippen LogP contribution in [0.25, 0.3) is 0 Å². The third-order valence-corrected chi connectivity index (χ3v) is 2.58. The number of carboxylic acids is 1. The molecule has 0 aromatic heterocycles. The lowest BCUT2D eigenvalue weighted by Crippen LogP contribution is -2.20. The molecule has 0 aromatic carbocycles. The first kappa shape index (κ1) is 15.6. The number of hydrogen-bond donors (Lipinski definition) is 1. The monoisotopic (exact) mass is 238 g/mol. The maximum atomic E-state index is 11.1. The molecule has 1 atom stereocenters. The van der Waals surface area contributed by atoms with Gasteiger partial charge in [-0.25, -0.2) is 0 Å². The molecule has 0 rings (SSSR count). The van der Waals surface area contributed by atoms with Crippen molar-refractivity contribution in [3.63, 3.8) is 0 Å². The standard InChI is InChI=1S/C14H22O3/c1-10(2)6-5-7-11(3)8-9-13(12(4)15)14(16)17/h6,8,13H,5,7,9H2,1-4H3,(H,16,17). The number of carbonyl (C=O) groups excluding carboxylic acids is 1. The zero-order valence-electron chi connectivity index (χ0n) is 11.1. The van der Waals surface area contributed by atoms with Crippen molar-refractivity contribution in [2.75, 3.05) is 0 Å². The van der Waals surface area contributed by atoms with E-state index < -0.39 is 11.9 Å². The molecule has 0 aliphatic carbocycles. The molecule has 0 fully saturated rings. The van der Waals surface area contributed by atoms with Crippen LogP contribution in [0.5, 0.6) is 0 Å². The molecule has 0 radical (unpaired) electrons. The molecule has 17 heavy (non-hydrogen) atoms. The van der Waals surface area contributed by atoms with E-state index in [-0.39, 0.29) is 5.78 Å². The van der Waals surface area contributed by atoms with Crippen molar-refractivity contribution in [1.29, 1.82) is 0 Å². The van der Waals surface area contributed by atoms with Gasteiger partial charge in [-0.1, -0.05) is 23.3 Å². The van der Waals surface area contributed by atoms with E-state index in [1.807, 2.05) is 13.0 Å². The highest BCUT2D eigenvalue weighted by molar-refractivity contribution is 5.96. The summed E-state index contributed by atoms with van der Waals surface area (Å²) >= 11 is 0. The lowest BCUT2D eigenvalue weighted by Gasteiger charge is -2.06. The molecule has 0 aromatic rings. The van der Waals surface area contributed by atoms with Crippen LogP contribution in [0, 0.1) is 5.92 Å². The van der Waals surface area contributed by atoms with Crippen molar-refractivity contribution in [2.45, 2.75) is 47.0 Å². The predicted molar refractivity (Wildman–Crippen MR) is 68.8 cm³/mol. The van der Waals surface area contributed by atoms with Gasteiger partial charge in [-0.3, -0.25) is 9.59 Å². The minimum absolute atomic E-state index is 0.286. The fraction of sp³-hybridized carbons (Fsp3) is 0.571. The largest absolute Gasteiger partial charge is 0.481 e. The Hall–Kier alpha value is -1.38. The van der Waals surface area contributed by atoms with Crippen LogP contribution < -0.4 is 0 Å². The predicted octanol–water partition coefficient (Wildman–Crippen LogP) is 3.36. The number of carbonyl (C=O) groups is 2. The minimum atomic E-state index is -1.04. The Bertz CT molecular complexity index is 319. The minimum Gasteiger partial charge on any atom is -0.481 e. The number of Topliss-reactive ketones (excluding diaryl/α,β-unsaturated/α-hetero) is 1. The summed E-state index contributed by atoms with van der Waals surface area (Å²) in [6.45, 7) is 7.40. The Balaban J connectivity index is 4.25. The maximum Gasteiger partial charge on any atom is 0.314 e. The summed E-state index contributed by atoms with van der Waals surface area (Å²) in [5, 5.41) is 8.85. The van der Waals surface area contributed by atoms with Gasteiger partial charge in [0.25, 0.3) is 0 Å². The molecule has 1 N–H and O–H groups in total. The van der Waals surface area contributed by atoms with Gasteiger partial charge in [0.2, 0.25) is 0 Å². The first-order valence-electron chi connectivity index (χ1n) is 5.86. The Kier molecular flexibility index (Phi) is 7.19. The van der Waals surface area contributed by atoms with Gasteiger partial charge >= 0.3 is 5.97 Å². The quantitative estimate of drug-likeness (QED) is 0.546. The number of hydrogen-bond acceptors (Lipinski definition) is 2. The van der Waals surface area contributed by atoms with E-state index >= 15 is 0 Å². The summed E-state index contributed by atoms with van der Waals surface area (Å²) in [6, 6.07) is 0. The van der Waals surface area contributed by atoms with Gasteiger partial charge in [0, 0.05) is 0 Å². The molecule has 3 nitrogen and oxygen atoms in total.